The van der Waals surface area contributed by atoms with Crippen LogP contribution in [-0.2, 0) is 0 Å². The molecule has 4 atom stereocenters. The molecule has 0 radical (unpaired) electrons. The van der Waals surface area contributed by atoms with Gasteiger partial charge >= 0.3 is 0 Å². The lowest BCUT2D eigenvalue weighted by molar-refractivity contribution is 0.171. The van der Waals surface area contributed by atoms with Crippen molar-refractivity contribution in [2.75, 3.05) is 13.1 Å². The van der Waals surface area contributed by atoms with Gasteiger partial charge in [-0.25, -0.2) is 0 Å². The number of furan rings is 1. The number of rotatable bonds is 4. The van der Waals surface area contributed by atoms with Gasteiger partial charge in [-0.15, -0.1) is 0 Å². The highest BCUT2D eigenvalue weighted by molar-refractivity contribution is 5.19. The van der Waals surface area contributed by atoms with Crippen LogP contribution in [0.2, 0.25) is 0 Å². The molecular weight excluding hydrogens is 224 g/mol. The molecule has 1 aliphatic heterocycles. The molecule has 1 saturated heterocycles. The molecule has 4 unspecified atom stereocenters. The molecule has 1 saturated carbocycles. The molecule has 3 nitrogen and oxygen atoms in total. The maximum Gasteiger partial charge on any atom is 0.122 e. The number of hydrogen-bond donors (Lipinski definition) is 1. The van der Waals surface area contributed by atoms with Gasteiger partial charge in [0.15, 0.2) is 0 Å². The molecule has 100 valence electrons. The van der Waals surface area contributed by atoms with Crippen molar-refractivity contribution < 1.29 is 4.42 Å². The monoisotopic (exact) mass is 248 g/mol. The third-order valence-electron chi connectivity index (χ3n) is 4.68. The Balaban J connectivity index is 1.76. The Hall–Kier alpha value is -0.800. The van der Waals surface area contributed by atoms with E-state index in [9.17, 15) is 0 Å². The summed E-state index contributed by atoms with van der Waals surface area (Å²) >= 11 is 0. The Morgan fingerprint density at radius 1 is 1.44 bits per heavy atom. The predicted molar refractivity (Wildman–Crippen MR) is 72.4 cm³/mol. The van der Waals surface area contributed by atoms with Crippen LogP contribution in [0.25, 0.3) is 0 Å². The van der Waals surface area contributed by atoms with Crippen molar-refractivity contribution in [3.05, 3.63) is 23.7 Å². The molecule has 18 heavy (non-hydrogen) atoms. The van der Waals surface area contributed by atoms with Crippen molar-refractivity contribution in [3.63, 3.8) is 0 Å². The average molecular weight is 248 g/mol. The van der Waals surface area contributed by atoms with Crippen molar-refractivity contribution in [3.8, 4) is 0 Å². The zero-order valence-electron chi connectivity index (χ0n) is 11.4. The van der Waals surface area contributed by atoms with E-state index in [1.54, 1.807) is 0 Å². The Kier molecular flexibility index (Phi) is 3.20. The van der Waals surface area contributed by atoms with Crippen molar-refractivity contribution in [2.45, 2.75) is 51.1 Å². The summed E-state index contributed by atoms with van der Waals surface area (Å²) in [5.41, 5.74) is 5.97. The average Bonchev–Trinajstić information content (AvgIpc) is 2.80. The molecule has 2 aliphatic rings. The van der Waals surface area contributed by atoms with Gasteiger partial charge in [-0.3, -0.25) is 4.90 Å². The normalized spacial score (nSPS) is 33.8. The lowest BCUT2D eigenvalue weighted by Crippen LogP contribution is -2.35. The lowest BCUT2D eigenvalue weighted by Gasteiger charge is -2.28. The van der Waals surface area contributed by atoms with Crippen molar-refractivity contribution in [1.29, 1.82) is 0 Å². The van der Waals surface area contributed by atoms with Crippen LogP contribution in [0.4, 0.5) is 0 Å². The van der Waals surface area contributed by atoms with Crippen LogP contribution in [0, 0.1) is 5.92 Å². The molecule has 2 heterocycles. The Morgan fingerprint density at radius 2 is 2.22 bits per heavy atom. The Labute approximate surface area is 109 Å². The van der Waals surface area contributed by atoms with Crippen LogP contribution in [0.1, 0.15) is 56.6 Å². The van der Waals surface area contributed by atoms with Gasteiger partial charge in [0, 0.05) is 18.5 Å². The zero-order chi connectivity index (χ0) is 12.7. The Morgan fingerprint density at radius 3 is 2.78 bits per heavy atom. The smallest absolute Gasteiger partial charge is 0.122 e. The van der Waals surface area contributed by atoms with E-state index in [0.717, 1.165) is 18.2 Å². The summed E-state index contributed by atoms with van der Waals surface area (Å²) in [5, 5.41) is 0. The quantitative estimate of drug-likeness (QED) is 0.891. The zero-order valence-corrected chi connectivity index (χ0v) is 11.4. The van der Waals surface area contributed by atoms with E-state index in [2.05, 4.69) is 30.9 Å². The number of nitrogens with two attached hydrogens (primary N) is 1. The second kappa shape index (κ2) is 4.71. The predicted octanol–water partition coefficient (Wildman–Crippen LogP) is 2.89. The van der Waals surface area contributed by atoms with Crippen LogP contribution in [0.15, 0.2) is 16.5 Å². The first-order valence-electron chi connectivity index (χ1n) is 7.26. The minimum Gasteiger partial charge on any atom is -0.464 e. The van der Waals surface area contributed by atoms with Gasteiger partial charge < -0.3 is 10.2 Å². The molecule has 1 aromatic rings. The van der Waals surface area contributed by atoms with E-state index in [-0.39, 0.29) is 6.04 Å². The third kappa shape index (κ3) is 2.10. The number of nitrogens with zero attached hydrogens (tertiary/aromatic N) is 1. The molecule has 0 amide bonds. The lowest BCUT2D eigenvalue weighted by atomic mass is 10.1. The topological polar surface area (TPSA) is 42.4 Å². The fourth-order valence-electron chi connectivity index (χ4n) is 3.30. The van der Waals surface area contributed by atoms with Crippen LogP contribution in [-0.4, -0.2) is 24.0 Å². The van der Waals surface area contributed by atoms with E-state index in [1.165, 1.54) is 25.0 Å². The van der Waals surface area contributed by atoms with E-state index >= 15 is 0 Å². The highest BCUT2D eigenvalue weighted by atomic mass is 16.3. The standard InChI is InChI=1S/C15H24N2O/c1-10-8-12(10)14-5-6-15(18-14)13(9-16)17-7-3-4-11(17)2/h5-6,10-13H,3-4,7-9,16H2,1-2H3. The largest absolute Gasteiger partial charge is 0.464 e. The van der Waals surface area contributed by atoms with Gasteiger partial charge in [0.25, 0.3) is 0 Å². The van der Waals surface area contributed by atoms with E-state index in [0.29, 0.717) is 18.5 Å². The second-order valence-corrected chi connectivity index (χ2v) is 6.04. The molecule has 3 heteroatoms. The highest BCUT2D eigenvalue weighted by Gasteiger charge is 2.37. The van der Waals surface area contributed by atoms with Crippen LogP contribution < -0.4 is 5.73 Å². The Bertz CT molecular complexity index is 414. The third-order valence-corrected chi connectivity index (χ3v) is 4.68. The summed E-state index contributed by atoms with van der Waals surface area (Å²) < 4.78 is 6.07. The number of likely N-dealkylation sites (tertiary alicyclic amines) is 1. The first-order valence-corrected chi connectivity index (χ1v) is 7.26. The van der Waals surface area contributed by atoms with Gasteiger partial charge in [0.2, 0.25) is 0 Å². The van der Waals surface area contributed by atoms with Crippen LogP contribution in [0.5, 0.6) is 0 Å². The first-order chi connectivity index (χ1) is 8.70. The van der Waals surface area contributed by atoms with Crippen molar-refractivity contribution in [1.82, 2.24) is 4.90 Å². The number of hydrogen-bond acceptors (Lipinski definition) is 3. The maximum atomic E-state index is 6.07. The first kappa shape index (κ1) is 12.2. The van der Waals surface area contributed by atoms with E-state index < -0.39 is 0 Å². The molecule has 0 aromatic carbocycles. The molecule has 3 rings (SSSR count). The fraction of sp³-hybridized carbons (Fsp3) is 0.733. The van der Waals surface area contributed by atoms with Gasteiger partial charge in [-0.2, -0.15) is 0 Å². The van der Waals surface area contributed by atoms with Gasteiger partial charge in [-0.1, -0.05) is 6.92 Å². The molecule has 1 aliphatic carbocycles. The van der Waals surface area contributed by atoms with Gasteiger partial charge in [0.1, 0.15) is 11.5 Å². The second-order valence-electron chi connectivity index (χ2n) is 6.04. The molecule has 0 bridgehead atoms. The van der Waals surface area contributed by atoms with Crippen molar-refractivity contribution >= 4 is 0 Å². The molecule has 2 N–H and O–H groups in total. The van der Waals surface area contributed by atoms with Gasteiger partial charge in [-0.05, 0) is 50.8 Å². The maximum absolute atomic E-state index is 6.07. The van der Waals surface area contributed by atoms with Crippen molar-refractivity contribution in [2.24, 2.45) is 11.7 Å². The minimum atomic E-state index is 0.269. The van der Waals surface area contributed by atoms with E-state index in [1.807, 2.05) is 0 Å². The molecular formula is C15H24N2O. The van der Waals surface area contributed by atoms with Gasteiger partial charge in [0.05, 0.1) is 6.04 Å². The summed E-state index contributed by atoms with van der Waals surface area (Å²) in [6.07, 6.45) is 3.84. The summed E-state index contributed by atoms with van der Waals surface area (Å²) in [7, 11) is 0. The summed E-state index contributed by atoms with van der Waals surface area (Å²) in [6, 6.07) is 5.20. The van der Waals surface area contributed by atoms with E-state index in [4.69, 9.17) is 10.2 Å². The summed E-state index contributed by atoms with van der Waals surface area (Å²) in [6.45, 7) is 6.38. The summed E-state index contributed by atoms with van der Waals surface area (Å²) in [5.74, 6) is 3.70. The minimum absolute atomic E-state index is 0.269. The fourth-order valence-corrected chi connectivity index (χ4v) is 3.30. The molecule has 0 spiro atoms. The van der Waals surface area contributed by atoms with Crippen LogP contribution >= 0.6 is 0 Å². The summed E-state index contributed by atoms with van der Waals surface area (Å²) in [4.78, 5) is 2.50. The SMILES string of the molecule is CC1CC1c1ccc(C(CN)N2CCCC2C)o1. The van der Waals surface area contributed by atoms with Crippen LogP contribution in [0.3, 0.4) is 0 Å². The molecule has 1 aromatic heterocycles. The highest BCUT2D eigenvalue weighted by Crippen LogP contribution is 2.48. The molecule has 2 fully saturated rings.